The first-order valence-electron chi connectivity index (χ1n) is 16.4. The van der Waals surface area contributed by atoms with Gasteiger partial charge >= 0.3 is 0 Å². The van der Waals surface area contributed by atoms with Gasteiger partial charge in [-0.2, -0.15) is 0 Å². The molecule has 1 aliphatic carbocycles. The Morgan fingerprint density at radius 2 is 1.80 bits per heavy atom. The highest BCUT2D eigenvalue weighted by Gasteiger charge is 2.48. The predicted octanol–water partition coefficient (Wildman–Crippen LogP) is 4.03. The summed E-state index contributed by atoms with van der Waals surface area (Å²) in [4.78, 5) is 34.5. The summed E-state index contributed by atoms with van der Waals surface area (Å²) in [5.41, 5.74) is 10.3. The lowest BCUT2D eigenvalue weighted by Crippen LogP contribution is -2.52. The highest BCUT2D eigenvalue weighted by atomic mass is 16.5. The number of carbonyl (C=O) groups is 1. The summed E-state index contributed by atoms with van der Waals surface area (Å²) in [7, 11) is 2.21. The minimum Gasteiger partial charge on any atom is -0.375 e. The van der Waals surface area contributed by atoms with Crippen LogP contribution in [-0.2, 0) is 4.74 Å². The zero-order valence-corrected chi connectivity index (χ0v) is 26.5. The zero-order chi connectivity index (χ0) is 31.0. The van der Waals surface area contributed by atoms with Crippen LogP contribution in [0.2, 0.25) is 0 Å². The van der Waals surface area contributed by atoms with Gasteiger partial charge in [0.1, 0.15) is 5.69 Å². The molecule has 0 bridgehead atoms. The van der Waals surface area contributed by atoms with Crippen molar-refractivity contribution in [2.75, 3.05) is 68.5 Å². The average molecular weight is 612 g/mol. The number of amides is 1. The van der Waals surface area contributed by atoms with Crippen molar-refractivity contribution in [2.45, 2.75) is 63.1 Å². The molecule has 45 heavy (non-hydrogen) atoms. The molecule has 11 heteroatoms. The molecule has 4 aliphatic rings. The number of nitrogens with two attached hydrogens (primary N) is 1. The number of primary amides is 1. The minimum atomic E-state index is -0.645. The zero-order valence-electron chi connectivity index (χ0n) is 26.5. The van der Waals surface area contributed by atoms with Gasteiger partial charge in [0, 0.05) is 75.5 Å². The molecule has 1 spiro atoms. The molecule has 2 aromatic heterocycles. The fraction of sp³-hybridized carbons (Fsp3) is 0.529. The number of likely N-dealkylation sites (N-methyl/N-ethyl adjacent to an activating group) is 1. The molecule has 5 heterocycles. The van der Waals surface area contributed by atoms with E-state index in [1.807, 2.05) is 18.2 Å². The van der Waals surface area contributed by atoms with Gasteiger partial charge in [-0.25, -0.2) is 9.97 Å². The Bertz CT molecular complexity index is 1510. The molecule has 1 saturated carbocycles. The topological polar surface area (TPSA) is 125 Å². The predicted molar refractivity (Wildman–Crippen MR) is 177 cm³/mol. The van der Waals surface area contributed by atoms with Gasteiger partial charge in [0.05, 0.1) is 11.3 Å². The number of benzene rings is 1. The van der Waals surface area contributed by atoms with Gasteiger partial charge in [-0.05, 0) is 88.4 Å². The molecule has 1 unspecified atom stereocenters. The number of pyridine rings is 1. The van der Waals surface area contributed by atoms with E-state index in [0.29, 0.717) is 35.7 Å². The van der Waals surface area contributed by atoms with E-state index >= 15 is 0 Å². The minimum absolute atomic E-state index is 0.00185. The summed E-state index contributed by atoms with van der Waals surface area (Å²) in [6.45, 7) is 9.64. The molecule has 1 amide bonds. The number of ether oxygens (including phenoxy) is 1. The van der Waals surface area contributed by atoms with Crippen molar-refractivity contribution in [2.24, 2.45) is 5.73 Å². The lowest BCUT2D eigenvalue weighted by Gasteiger charge is -2.43. The van der Waals surface area contributed by atoms with Gasteiger partial charge in [0.2, 0.25) is 0 Å². The SMILES string of the molecule is Cc1cc(Nc2nc(NC3CCOC4(CC4)C3)c(-c3ccccn3)nc2C(N)=O)ccc1N1CCC(N2CCN(C)CC2)CC1. The molecular formula is C34H45N9O2. The fourth-order valence-corrected chi connectivity index (χ4v) is 7.19. The van der Waals surface area contributed by atoms with Crippen molar-refractivity contribution in [3.8, 4) is 11.4 Å². The van der Waals surface area contributed by atoms with Crippen LogP contribution in [0.15, 0.2) is 42.6 Å². The van der Waals surface area contributed by atoms with Crippen molar-refractivity contribution in [3.63, 3.8) is 0 Å². The van der Waals surface area contributed by atoms with E-state index in [1.54, 1.807) is 6.20 Å². The Kier molecular flexibility index (Phi) is 8.32. The highest BCUT2D eigenvalue weighted by Crippen LogP contribution is 2.47. The maximum absolute atomic E-state index is 12.7. The van der Waals surface area contributed by atoms with E-state index in [9.17, 15) is 4.79 Å². The van der Waals surface area contributed by atoms with Crippen LogP contribution in [0, 0.1) is 6.92 Å². The van der Waals surface area contributed by atoms with Crippen molar-refractivity contribution in [1.82, 2.24) is 24.8 Å². The quantitative estimate of drug-likeness (QED) is 0.344. The second kappa shape index (κ2) is 12.5. The molecule has 3 saturated heterocycles. The maximum atomic E-state index is 12.7. The van der Waals surface area contributed by atoms with E-state index in [0.717, 1.165) is 57.5 Å². The van der Waals surface area contributed by atoms with Crippen LogP contribution in [0.1, 0.15) is 54.6 Å². The van der Waals surface area contributed by atoms with Crippen molar-refractivity contribution in [1.29, 1.82) is 0 Å². The summed E-state index contributed by atoms with van der Waals surface area (Å²) in [5, 5.41) is 7.01. The molecule has 1 aromatic carbocycles. The second-order valence-electron chi connectivity index (χ2n) is 13.2. The third kappa shape index (κ3) is 6.61. The number of carbonyl (C=O) groups excluding carboxylic acids is 1. The van der Waals surface area contributed by atoms with E-state index in [4.69, 9.17) is 20.4 Å². The molecule has 11 nitrogen and oxygen atoms in total. The van der Waals surface area contributed by atoms with Crippen LogP contribution in [-0.4, -0.2) is 101 Å². The number of aryl methyl sites for hydroxylation is 1. The lowest BCUT2D eigenvalue weighted by molar-refractivity contribution is -0.00884. The number of hydrogen-bond donors (Lipinski definition) is 3. The average Bonchev–Trinajstić information content (AvgIpc) is 3.79. The molecular weight excluding hydrogens is 566 g/mol. The van der Waals surface area contributed by atoms with E-state index in [-0.39, 0.29) is 17.3 Å². The Hall–Kier alpha value is -3.80. The first-order valence-corrected chi connectivity index (χ1v) is 16.4. The smallest absolute Gasteiger partial charge is 0.271 e. The maximum Gasteiger partial charge on any atom is 0.271 e. The van der Waals surface area contributed by atoms with Gasteiger partial charge in [-0.15, -0.1) is 0 Å². The summed E-state index contributed by atoms with van der Waals surface area (Å²) < 4.78 is 6.04. The van der Waals surface area contributed by atoms with Crippen LogP contribution in [0.3, 0.4) is 0 Å². The summed E-state index contributed by atoms with van der Waals surface area (Å²) in [6, 6.07) is 12.8. The Morgan fingerprint density at radius 1 is 1.00 bits per heavy atom. The first-order chi connectivity index (χ1) is 21.9. The van der Waals surface area contributed by atoms with Crippen LogP contribution in [0.25, 0.3) is 11.4 Å². The third-order valence-corrected chi connectivity index (χ3v) is 10.00. The molecule has 0 radical (unpaired) electrons. The van der Waals surface area contributed by atoms with Crippen molar-refractivity contribution in [3.05, 3.63) is 53.9 Å². The Labute approximate surface area is 265 Å². The number of piperazine rings is 1. The van der Waals surface area contributed by atoms with Gasteiger partial charge < -0.3 is 30.9 Å². The van der Waals surface area contributed by atoms with Gasteiger partial charge in [0.15, 0.2) is 17.3 Å². The van der Waals surface area contributed by atoms with Crippen LogP contribution in [0.5, 0.6) is 0 Å². The second-order valence-corrected chi connectivity index (χ2v) is 13.2. The normalized spacial score (nSPS) is 22.4. The highest BCUT2D eigenvalue weighted by molar-refractivity contribution is 5.97. The molecule has 4 N–H and O–H groups in total. The molecule has 238 valence electrons. The van der Waals surface area contributed by atoms with E-state index < -0.39 is 5.91 Å². The number of anilines is 4. The van der Waals surface area contributed by atoms with Crippen molar-refractivity contribution < 1.29 is 9.53 Å². The van der Waals surface area contributed by atoms with Crippen molar-refractivity contribution >= 4 is 28.9 Å². The van der Waals surface area contributed by atoms with Gasteiger partial charge in [0.25, 0.3) is 5.91 Å². The van der Waals surface area contributed by atoms with Crippen LogP contribution < -0.4 is 21.3 Å². The summed E-state index contributed by atoms with van der Waals surface area (Å²) in [6.07, 6.45) is 8.08. The molecule has 3 aliphatic heterocycles. The van der Waals surface area contributed by atoms with Gasteiger partial charge in [-0.3, -0.25) is 14.7 Å². The van der Waals surface area contributed by atoms with E-state index in [2.05, 4.69) is 62.5 Å². The summed E-state index contributed by atoms with van der Waals surface area (Å²) in [5.74, 6) is 0.270. The number of nitrogens with zero attached hydrogens (tertiary/aromatic N) is 6. The Morgan fingerprint density at radius 3 is 2.49 bits per heavy atom. The summed E-state index contributed by atoms with van der Waals surface area (Å²) >= 11 is 0. The van der Waals surface area contributed by atoms with E-state index in [1.165, 1.54) is 37.2 Å². The van der Waals surface area contributed by atoms with Crippen LogP contribution in [0.4, 0.5) is 23.0 Å². The number of rotatable bonds is 8. The third-order valence-electron chi connectivity index (χ3n) is 10.00. The number of hydrogen-bond acceptors (Lipinski definition) is 10. The van der Waals surface area contributed by atoms with Crippen LogP contribution >= 0.6 is 0 Å². The molecule has 3 aromatic rings. The standard InChI is InChI=1S/C34H45N9O2/c1-23-21-24(6-7-28(23)43-14-8-26(9-15-43)42-18-16-41(2)17-19-42)37-33-30(31(35)44)39-29(27-5-3-4-13-36-27)32(40-33)38-25-10-20-45-34(22-25)11-12-34/h3-7,13,21,25-26H,8-12,14-20,22H2,1-2H3,(H2,35,44)(H2,37,38,40). The number of nitrogens with one attached hydrogen (secondary N) is 2. The monoisotopic (exact) mass is 611 g/mol. The number of piperidine rings is 1. The Balaban J connectivity index is 1.10. The van der Waals surface area contributed by atoms with Gasteiger partial charge in [-0.1, -0.05) is 6.07 Å². The molecule has 4 fully saturated rings. The largest absolute Gasteiger partial charge is 0.375 e. The molecule has 7 rings (SSSR count). The fourth-order valence-electron chi connectivity index (χ4n) is 7.19. The first kappa shape index (κ1) is 29.9. The molecule has 1 atom stereocenters. The lowest BCUT2D eigenvalue weighted by atomic mass is 10.0. The number of aromatic nitrogens is 3.